The van der Waals surface area contributed by atoms with Crippen molar-refractivity contribution in [2.24, 2.45) is 0 Å². The lowest BCUT2D eigenvalue weighted by Gasteiger charge is -2.04. The van der Waals surface area contributed by atoms with Crippen molar-refractivity contribution in [1.82, 2.24) is 0 Å². The van der Waals surface area contributed by atoms with Gasteiger partial charge in [-0.15, -0.1) is 17.9 Å². The first-order valence-corrected chi connectivity index (χ1v) is 4.95. The fourth-order valence-corrected chi connectivity index (χ4v) is 2.13. The third-order valence-corrected chi connectivity index (χ3v) is 2.76. The summed E-state index contributed by atoms with van der Waals surface area (Å²) in [4.78, 5) is 1.12. The summed E-state index contributed by atoms with van der Waals surface area (Å²) in [5.41, 5.74) is 0. The van der Waals surface area contributed by atoms with E-state index >= 15 is 0 Å². The molecule has 0 bridgehead atoms. The fraction of sp³-hybridized carbons (Fsp3) is 0.333. The fourth-order valence-electron chi connectivity index (χ4n) is 0.969. The van der Waals surface area contributed by atoms with Gasteiger partial charge in [0.25, 0.3) is 0 Å². The Morgan fingerprint density at radius 2 is 2.42 bits per heavy atom. The first-order valence-electron chi connectivity index (χ1n) is 3.75. The maximum Gasteiger partial charge on any atom is 0.0931 e. The number of halogens is 1. The summed E-state index contributed by atoms with van der Waals surface area (Å²) in [6.45, 7) is 3.56. The van der Waals surface area contributed by atoms with E-state index in [0.29, 0.717) is 12.8 Å². The van der Waals surface area contributed by atoms with Crippen LogP contribution in [0.5, 0.6) is 0 Å². The normalized spacial score (nSPS) is 12.8. The third kappa shape index (κ3) is 2.97. The molecule has 1 rings (SSSR count). The molecule has 0 aliphatic heterocycles. The highest BCUT2D eigenvalue weighted by atomic mass is 35.5. The molecule has 0 fully saturated rings. The van der Waals surface area contributed by atoms with Gasteiger partial charge in [0, 0.05) is 11.3 Å². The summed E-state index contributed by atoms with van der Waals surface area (Å²) in [5, 5.41) is 9.40. The van der Waals surface area contributed by atoms with Crippen LogP contribution < -0.4 is 0 Å². The second-order valence-electron chi connectivity index (χ2n) is 2.59. The first kappa shape index (κ1) is 9.78. The largest absolute Gasteiger partial charge is 0.392 e. The van der Waals surface area contributed by atoms with E-state index < -0.39 is 0 Å². The Bertz CT molecular complexity index is 257. The van der Waals surface area contributed by atoms with Crippen LogP contribution in [0.15, 0.2) is 24.8 Å². The summed E-state index contributed by atoms with van der Waals surface area (Å²) >= 11 is 7.25. The molecule has 0 amide bonds. The van der Waals surface area contributed by atoms with Crippen molar-refractivity contribution in [2.45, 2.75) is 18.9 Å². The van der Waals surface area contributed by atoms with Gasteiger partial charge < -0.3 is 5.11 Å². The van der Waals surface area contributed by atoms with Crippen LogP contribution in [0, 0.1) is 0 Å². The first-order chi connectivity index (χ1) is 5.72. The van der Waals surface area contributed by atoms with Gasteiger partial charge in [-0.25, -0.2) is 0 Å². The van der Waals surface area contributed by atoms with Crippen LogP contribution in [0.2, 0.25) is 4.34 Å². The Morgan fingerprint density at radius 3 is 2.92 bits per heavy atom. The molecule has 0 radical (unpaired) electrons. The van der Waals surface area contributed by atoms with Crippen molar-refractivity contribution in [3.8, 4) is 0 Å². The van der Waals surface area contributed by atoms with Gasteiger partial charge in [-0.05, 0) is 18.6 Å². The Balaban J connectivity index is 2.46. The topological polar surface area (TPSA) is 20.2 Å². The van der Waals surface area contributed by atoms with Gasteiger partial charge in [-0.3, -0.25) is 0 Å². The molecule has 0 aliphatic carbocycles. The zero-order chi connectivity index (χ0) is 8.97. The molecule has 1 atom stereocenters. The van der Waals surface area contributed by atoms with Crippen LogP contribution >= 0.6 is 22.9 Å². The van der Waals surface area contributed by atoms with Crippen molar-refractivity contribution in [2.75, 3.05) is 0 Å². The maximum atomic E-state index is 9.40. The van der Waals surface area contributed by atoms with Crippen LogP contribution in [-0.4, -0.2) is 11.2 Å². The predicted molar refractivity (Wildman–Crippen MR) is 53.9 cm³/mol. The van der Waals surface area contributed by atoms with Crippen LogP contribution in [0.4, 0.5) is 0 Å². The second-order valence-corrected chi connectivity index (χ2v) is 4.39. The minimum absolute atomic E-state index is 0.322. The number of hydrogen-bond donors (Lipinski definition) is 1. The van der Waals surface area contributed by atoms with E-state index in [0.717, 1.165) is 9.21 Å². The molecular formula is C9H11ClOS. The summed E-state index contributed by atoms with van der Waals surface area (Å²) in [5.74, 6) is 0. The van der Waals surface area contributed by atoms with Crippen molar-refractivity contribution in [3.63, 3.8) is 0 Å². The number of aliphatic hydroxyl groups is 1. The molecule has 0 saturated carbocycles. The lowest BCUT2D eigenvalue weighted by Crippen LogP contribution is -2.07. The predicted octanol–water partition coefficient (Wildman–Crippen LogP) is 2.88. The van der Waals surface area contributed by atoms with Crippen LogP contribution in [-0.2, 0) is 6.42 Å². The Labute approximate surface area is 81.3 Å². The van der Waals surface area contributed by atoms with E-state index in [1.165, 1.54) is 11.3 Å². The molecule has 1 N–H and O–H groups in total. The minimum Gasteiger partial charge on any atom is -0.392 e. The van der Waals surface area contributed by atoms with Crippen LogP contribution in [0.3, 0.4) is 0 Å². The lowest BCUT2D eigenvalue weighted by atomic mass is 10.1. The maximum absolute atomic E-state index is 9.40. The standard InChI is InChI=1S/C9H11ClOS/c1-2-3-7(11)6-8-4-5-9(10)12-8/h2,4-5,7,11H,1,3,6H2. The van der Waals surface area contributed by atoms with E-state index in [1.807, 2.05) is 12.1 Å². The highest BCUT2D eigenvalue weighted by Crippen LogP contribution is 2.22. The molecule has 1 heterocycles. The van der Waals surface area contributed by atoms with Crippen molar-refractivity contribution in [3.05, 3.63) is 34.0 Å². The average Bonchev–Trinajstić information content (AvgIpc) is 2.36. The number of hydrogen-bond acceptors (Lipinski definition) is 2. The number of aliphatic hydroxyl groups excluding tert-OH is 1. The minimum atomic E-state index is -0.322. The summed E-state index contributed by atoms with van der Waals surface area (Å²) in [6, 6.07) is 3.79. The molecule has 1 aromatic heterocycles. The Hall–Kier alpha value is -0.310. The SMILES string of the molecule is C=CCC(O)Cc1ccc(Cl)s1. The van der Waals surface area contributed by atoms with Gasteiger partial charge in [0.15, 0.2) is 0 Å². The molecule has 0 spiro atoms. The molecule has 0 saturated heterocycles. The summed E-state index contributed by atoms with van der Waals surface area (Å²) in [6.07, 6.45) is 2.70. The highest BCUT2D eigenvalue weighted by Gasteiger charge is 2.05. The second kappa shape index (κ2) is 4.65. The molecule has 1 nitrogen and oxygen atoms in total. The molecule has 12 heavy (non-hydrogen) atoms. The van der Waals surface area contributed by atoms with Crippen molar-refractivity contribution >= 4 is 22.9 Å². The van der Waals surface area contributed by atoms with Crippen LogP contribution in [0.25, 0.3) is 0 Å². The molecule has 1 aromatic rings. The third-order valence-electron chi connectivity index (χ3n) is 1.50. The van der Waals surface area contributed by atoms with Gasteiger partial charge in [-0.1, -0.05) is 17.7 Å². The van der Waals surface area contributed by atoms with E-state index in [-0.39, 0.29) is 6.10 Å². The molecule has 1 unspecified atom stereocenters. The van der Waals surface area contributed by atoms with E-state index in [4.69, 9.17) is 11.6 Å². The molecule has 3 heteroatoms. The van der Waals surface area contributed by atoms with E-state index in [2.05, 4.69) is 6.58 Å². The molecule has 0 aromatic carbocycles. The quantitative estimate of drug-likeness (QED) is 0.745. The number of rotatable bonds is 4. The average molecular weight is 203 g/mol. The molecule has 66 valence electrons. The van der Waals surface area contributed by atoms with Crippen molar-refractivity contribution in [1.29, 1.82) is 0 Å². The van der Waals surface area contributed by atoms with E-state index in [9.17, 15) is 5.11 Å². The smallest absolute Gasteiger partial charge is 0.0931 e. The number of thiophene rings is 1. The van der Waals surface area contributed by atoms with Crippen LogP contribution in [0.1, 0.15) is 11.3 Å². The Kier molecular flexibility index (Phi) is 3.79. The van der Waals surface area contributed by atoms with Gasteiger partial charge in [-0.2, -0.15) is 0 Å². The van der Waals surface area contributed by atoms with Crippen molar-refractivity contribution < 1.29 is 5.11 Å². The van der Waals surface area contributed by atoms with Gasteiger partial charge in [0.05, 0.1) is 10.4 Å². The molecular weight excluding hydrogens is 192 g/mol. The van der Waals surface area contributed by atoms with E-state index in [1.54, 1.807) is 6.08 Å². The monoisotopic (exact) mass is 202 g/mol. The molecule has 0 aliphatic rings. The Morgan fingerprint density at radius 1 is 1.67 bits per heavy atom. The zero-order valence-electron chi connectivity index (χ0n) is 6.66. The summed E-state index contributed by atoms with van der Waals surface area (Å²) in [7, 11) is 0. The highest BCUT2D eigenvalue weighted by molar-refractivity contribution is 7.16. The zero-order valence-corrected chi connectivity index (χ0v) is 8.24. The van der Waals surface area contributed by atoms with Gasteiger partial charge in [0.2, 0.25) is 0 Å². The summed E-state index contributed by atoms with van der Waals surface area (Å²) < 4.78 is 0.774. The lowest BCUT2D eigenvalue weighted by molar-refractivity contribution is 0.179. The van der Waals surface area contributed by atoms with Gasteiger partial charge in [0.1, 0.15) is 0 Å². The van der Waals surface area contributed by atoms with Gasteiger partial charge >= 0.3 is 0 Å².